The Morgan fingerprint density at radius 1 is 1.32 bits per heavy atom. The lowest BCUT2D eigenvalue weighted by Gasteiger charge is -2.38. The first kappa shape index (κ1) is 16.2. The van der Waals surface area contributed by atoms with Crippen molar-refractivity contribution < 1.29 is 19.0 Å². The number of likely N-dealkylation sites (tertiary alicyclic amines) is 1. The standard InChI is InChI=1S/C17H29NO4/c1-2-20-13-16(19)18-8-6-17(7-9-18)10-15(12-22-17)21-11-14-4-3-5-14/h14-15H,2-13H2,1H3. The van der Waals surface area contributed by atoms with Crippen molar-refractivity contribution in [3.8, 4) is 0 Å². The van der Waals surface area contributed by atoms with E-state index in [1.165, 1.54) is 19.3 Å². The molecule has 0 radical (unpaired) electrons. The number of carbonyl (C=O) groups excluding carboxylic acids is 1. The van der Waals surface area contributed by atoms with Crippen LogP contribution in [0.5, 0.6) is 0 Å². The van der Waals surface area contributed by atoms with Crippen molar-refractivity contribution in [1.29, 1.82) is 0 Å². The third-order valence-electron chi connectivity index (χ3n) is 5.42. The number of hydrogen-bond donors (Lipinski definition) is 0. The zero-order chi connectivity index (χ0) is 15.4. The van der Waals surface area contributed by atoms with E-state index in [1.54, 1.807) is 0 Å². The molecule has 0 bridgehead atoms. The summed E-state index contributed by atoms with van der Waals surface area (Å²) in [5, 5.41) is 0. The number of carbonyl (C=O) groups is 1. The monoisotopic (exact) mass is 311 g/mol. The van der Waals surface area contributed by atoms with Crippen LogP contribution in [0.15, 0.2) is 0 Å². The van der Waals surface area contributed by atoms with E-state index >= 15 is 0 Å². The molecule has 3 aliphatic rings. The number of ether oxygens (including phenoxy) is 3. The molecule has 1 amide bonds. The van der Waals surface area contributed by atoms with E-state index in [4.69, 9.17) is 14.2 Å². The zero-order valence-corrected chi connectivity index (χ0v) is 13.7. The molecule has 1 spiro atoms. The Morgan fingerprint density at radius 3 is 2.73 bits per heavy atom. The van der Waals surface area contributed by atoms with Crippen molar-refractivity contribution in [1.82, 2.24) is 4.90 Å². The lowest BCUT2D eigenvalue weighted by molar-refractivity contribution is -0.140. The number of hydrogen-bond acceptors (Lipinski definition) is 4. The second-order valence-electron chi connectivity index (χ2n) is 6.97. The number of piperidine rings is 1. The van der Waals surface area contributed by atoms with Gasteiger partial charge in [0.25, 0.3) is 0 Å². The minimum atomic E-state index is -0.0489. The molecule has 2 aliphatic heterocycles. The predicted molar refractivity (Wildman–Crippen MR) is 82.7 cm³/mol. The van der Waals surface area contributed by atoms with E-state index in [0.29, 0.717) is 6.61 Å². The lowest BCUT2D eigenvalue weighted by Crippen LogP contribution is -2.47. The van der Waals surface area contributed by atoms with Gasteiger partial charge in [-0.1, -0.05) is 6.42 Å². The van der Waals surface area contributed by atoms with E-state index < -0.39 is 0 Å². The Hall–Kier alpha value is -0.650. The van der Waals surface area contributed by atoms with Gasteiger partial charge in [-0.3, -0.25) is 4.79 Å². The SMILES string of the molecule is CCOCC(=O)N1CCC2(CC1)CC(OCC1CCC1)CO2. The Labute approximate surface area is 133 Å². The molecule has 1 saturated carbocycles. The highest BCUT2D eigenvalue weighted by molar-refractivity contribution is 5.77. The van der Waals surface area contributed by atoms with E-state index in [1.807, 2.05) is 11.8 Å². The normalized spacial score (nSPS) is 28.0. The molecule has 2 saturated heterocycles. The molecule has 1 aliphatic carbocycles. The minimum absolute atomic E-state index is 0.0489. The number of nitrogens with zero attached hydrogens (tertiary/aromatic N) is 1. The van der Waals surface area contributed by atoms with Gasteiger partial charge in [0, 0.05) is 32.7 Å². The highest BCUT2D eigenvalue weighted by Gasteiger charge is 2.44. The second-order valence-corrected chi connectivity index (χ2v) is 6.97. The van der Waals surface area contributed by atoms with Crippen LogP contribution in [0.3, 0.4) is 0 Å². The van der Waals surface area contributed by atoms with E-state index in [-0.39, 0.29) is 24.2 Å². The molecule has 1 atom stereocenters. The molecule has 3 rings (SSSR count). The molecule has 5 nitrogen and oxygen atoms in total. The van der Waals surface area contributed by atoms with Crippen LogP contribution in [0.25, 0.3) is 0 Å². The molecule has 22 heavy (non-hydrogen) atoms. The van der Waals surface area contributed by atoms with Crippen LogP contribution in [-0.4, -0.2) is 62.0 Å². The van der Waals surface area contributed by atoms with Crippen molar-refractivity contribution in [3.63, 3.8) is 0 Å². The number of rotatable bonds is 6. The van der Waals surface area contributed by atoms with Crippen molar-refractivity contribution in [2.24, 2.45) is 5.92 Å². The van der Waals surface area contributed by atoms with Crippen LogP contribution in [0.1, 0.15) is 45.4 Å². The van der Waals surface area contributed by atoms with Crippen LogP contribution in [-0.2, 0) is 19.0 Å². The molecular weight excluding hydrogens is 282 g/mol. The van der Waals surface area contributed by atoms with Crippen molar-refractivity contribution >= 4 is 5.91 Å². The van der Waals surface area contributed by atoms with E-state index in [9.17, 15) is 4.79 Å². The van der Waals surface area contributed by atoms with Gasteiger partial charge >= 0.3 is 0 Å². The summed E-state index contributed by atoms with van der Waals surface area (Å²) >= 11 is 0. The van der Waals surface area contributed by atoms with Crippen molar-refractivity contribution in [3.05, 3.63) is 0 Å². The summed E-state index contributed by atoms with van der Waals surface area (Å²) in [6, 6.07) is 0. The van der Waals surface area contributed by atoms with Gasteiger partial charge in [-0.25, -0.2) is 0 Å². The fourth-order valence-electron chi connectivity index (χ4n) is 3.63. The summed E-state index contributed by atoms with van der Waals surface area (Å²) in [5.41, 5.74) is -0.0489. The third-order valence-corrected chi connectivity index (χ3v) is 5.42. The minimum Gasteiger partial charge on any atom is -0.375 e. The first-order valence-corrected chi connectivity index (χ1v) is 8.82. The van der Waals surface area contributed by atoms with Gasteiger partial charge in [0.2, 0.25) is 5.91 Å². The largest absolute Gasteiger partial charge is 0.375 e. The van der Waals surface area contributed by atoms with Crippen LogP contribution in [0.2, 0.25) is 0 Å². The second kappa shape index (κ2) is 7.28. The molecule has 0 N–H and O–H groups in total. The Bertz CT molecular complexity index is 375. The molecular formula is C17H29NO4. The average Bonchev–Trinajstić information content (AvgIpc) is 2.87. The maximum Gasteiger partial charge on any atom is 0.248 e. The molecule has 126 valence electrons. The summed E-state index contributed by atoms with van der Waals surface area (Å²) in [6.45, 7) is 5.89. The molecule has 5 heteroatoms. The fourth-order valence-corrected chi connectivity index (χ4v) is 3.63. The van der Waals surface area contributed by atoms with E-state index in [2.05, 4.69) is 0 Å². The van der Waals surface area contributed by atoms with Gasteiger partial charge in [-0.05, 0) is 38.5 Å². The Morgan fingerprint density at radius 2 is 2.09 bits per heavy atom. The zero-order valence-electron chi connectivity index (χ0n) is 13.7. The van der Waals surface area contributed by atoms with Gasteiger partial charge in [-0.2, -0.15) is 0 Å². The molecule has 3 fully saturated rings. The molecule has 2 heterocycles. The van der Waals surface area contributed by atoms with Crippen LogP contribution in [0, 0.1) is 5.92 Å². The van der Waals surface area contributed by atoms with Crippen LogP contribution >= 0.6 is 0 Å². The Balaban J connectivity index is 1.39. The van der Waals surface area contributed by atoms with Gasteiger partial charge in [0.05, 0.1) is 18.3 Å². The lowest BCUT2D eigenvalue weighted by atomic mass is 9.86. The predicted octanol–water partition coefficient (Wildman–Crippen LogP) is 1.99. The summed E-state index contributed by atoms with van der Waals surface area (Å²) in [5.74, 6) is 0.891. The summed E-state index contributed by atoms with van der Waals surface area (Å²) in [6.07, 6.45) is 7.12. The highest BCUT2D eigenvalue weighted by Crippen LogP contribution is 2.37. The quantitative estimate of drug-likeness (QED) is 0.753. The van der Waals surface area contributed by atoms with Gasteiger partial charge in [0.15, 0.2) is 0 Å². The summed E-state index contributed by atoms with van der Waals surface area (Å²) in [4.78, 5) is 13.9. The maximum absolute atomic E-state index is 12.0. The van der Waals surface area contributed by atoms with Crippen molar-refractivity contribution in [2.75, 3.05) is 39.5 Å². The molecule has 1 unspecified atom stereocenters. The van der Waals surface area contributed by atoms with Gasteiger partial charge in [-0.15, -0.1) is 0 Å². The van der Waals surface area contributed by atoms with Gasteiger partial charge in [0.1, 0.15) is 6.61 Å². The topological polar surface area (TPSA) is 48.0 Å². The van der Waals surface area contributed by atoms with Gasteiger partial charge < -0.3 is 19.1 Å². The first-order chi connectivity index (χ1) is 10.7. The Kier molecular flexibility index (Phi) is 5.37. The van der Waals surface area contributed by atoms with E-state index in [0.717, 1.165) is 51.5 Å². The molecule has 0 aromatic rings. The third kappa shape index (κ3) is 3.81. The van der Waals surface area contributed by atoms with Crippen molar-refractivity contribution in [2.45, 2.75) is 57.2 Å². The van der Waals surface area contributed by atoms with Crippen LogP contribution in [0.4, 0.5) is 0 Å². The molecule has 0 aromatic heterocycles. The maximum atomic E-state index is 12.0. The highest BCUT2D eigenvalue weighted by atomic mass is 16.6. The summed E-state index contributed by atoms with van der Waals surface area (Å²) < 4.78 is 17.3. The number of amides is 1. The smallest absolute Gasteiger partial charge is 0.248 e. The molecule has 0 aromatic carbocycles. The average molecular weight is 311 g/mol. The first-order valence-electron chi connectivity index (χ1n) is 8.82. The fraction of sp³-hybridized carbons (Fsp3) is 0.941. The van der Waals surface area contributed by atoms with Crippen LogP contribution < -0.4 is 0 Å². The summed E-state index contributed by atoms with van der Waals surface area (Å²) in [7, 11) is 0.